The molecule has 5 nitrogen and oxygen atoms in total. The van der Waals surface area contributed by atoms with Crippen molar-refractivity contribution in [2.75, 3.05) is 31.5 Å². The van der Waals surface area contributed by atoms with E-state index in [-0.39, 0.29) is 5.91 Å². The van der Waals surface area contributed by atoms with E-state index in [1.54, 1.807) is 11.1 Å². The molecular formula is C15H26N4O. The third-order valence-electron chi connectivity index (χ3n) is 3.04. The molecular weight excluding hydrogens is 252 g/mol. The van der Waals surface area contributed by atoms with Crippen LogP contribution in [0.3, 0.4) is 0 Å². The summed E-state index contributed by atoms with van der Waals surface area (Å²) in [6.07, 6.45) is 1.68. The number of rotatable bonds is 8. The summed E-state index contributed by atoms with van der Waals surface area (Å²) >= 11 is 0. The summed E-state index contributed by atoms with van der Waals surface area (Å²) in [5.41, 5.74) is 1.43. The maximum absolute atomic E-state index is 12.2. The molecule has 0 spiro atoms. The summed E-state index contributed by atoms with van der Waals surface area (Å²) in [6, 6.07) is 4.18. The van der Waals surface area contributed by atoms with Gasteiger partial charge in [-0.25, -0.2) is 0 Å². The van der Waals surface area contributed by atoms with Crippen molar-refractivity contribution in [1.82, 2.24) is 15.2 Å². The summed E-state index contributed by atoms with van der Waals surface area (Å²) in [7, 11) is 0. The molecule has 0 atom stereocenters. The summed E-state index contributed by atoms with van der Waals surface area (Å²) in [6.45, 7) is 11.3. The molecule has 112 valence electrons. The van der Waals surface area contributed by atoms with Gasteiger partial charge in [-0.05, 0) is 26.0 Å². The van der Waals surface area contributed by atoms with Crippen molar-refractivity contribution in [3.05, 3.63) is 24.0 Å². The maximum Gasteiger partial charge on any atom is 0.272 e. The molecule has 0 bridgehead atoms. The Kier molecular flexibility index (Phi) is 7.01. The Morgan fingerprint density at radius 2 is 2.00 bits per heavy atom. The van der Waals surface area contributed by atoms with Crippen LogP contribution in [0.5, 0.6) is 0 Å². The first kappa shape index (κ1) is 16.4. The zero-order chi connectivity index (χ0) is 15.0. The fraction of sp³-hybridized carbons (Fsp3) is 0.600. The van der Waals surface area contributed by atoms with E-state index in [9.17, 15) is 4.79 Å². The lowest BCUT2D eigenvalue weighted by molar-refractivity contribution is 0.0767. The zero-order valence-corrected chi connectivity index (χ0v) is 12.9. The van der Waals surface area contributed by atoms with Crippen molar-refractivity contribution in [2.45, 2.75) is 33.7 Å². The van der Waals surface area contributed by atoms with Crippen LogP contribution in [-0.4, -0.2) is 48.0 Å². The smallest absolute Gasteiger partial charge is 0.272 e. The van der Waals surface area contributed by atoms with Gasteiger partial charge in [0.25, 0.3) is 5.91 Å². The van der Waals surface area contributed by atoms with Gasteiger partial charge in [0, 0.05) is 44.1 Å². The van der Waals surface area contributed by atoms with E-state index in [1.165, 1.54) is 0 Å². The summed E-state index contributed by atoms with van der Waals surface area (Å²) in [5, 5.41) is 6.63. The van der Waals surface area contributed by atoms with Crippen LogP contribution in [-0.2, 0) is 0 Å². The first-order valence-electron chi connectivity index (χ1n) is 7.31. The topological polar surface area (TPSA) is 57.3 Å². The molecule has 0 saturated carbocycles. The van der Waals surface area contributed by atoms with Crippen LogP contribution in [0.4, 0.5) is 5.69 Å². The number of hydrogen-bond acceptors (Lipinski definition) is 4. The van der Waals surface area contributed by atoms with Crippen LogP contribution in [0, 0.1) is 0 Å². The second kappa shape index (κ2) is 8.53. The van der Waals surface area contributed by atoms with Gasteiger partial charge in [-0.15, -0.1) is 0 Å². The van der Waals surface area contributed by atoms with Crippen molar-refractivity contribution in [3.8, 4) is 0 Å². The summed E-state index contributed by atoms with van der Waals surface area (Å²) in [5.74, 6) is -0.0149. The lowest BCUT2D eigenvalue weighted by atomic mass is 10.2. The van der Waals surface area contributed by atoms with Gasteiger partial charge in [0.15, 0.2) is 0 Å². The molecule has 0 unspecified atom stereocenters. The predicted molar refractivity (Wildman–Crippen MR) is 83.1 cm³/mol. The fourth-order valence-corrected chi connectivity index (χ4v) is 1.90. The van der Waals surface area contributed by atoms with Gasteiger partial charge in [-0.2, -0.15) is 0 Å². The van der Waals surface area contributed by atoms with Crippen molar-refractivity contribution < 1.29 is 4.79 Å². The van der Waals surface area contributed by atoms with Gasteiger partial charge >= 0.3 is 0 Å². The van der Waals surface area contributed by atoms with Gasteiger partial charge < -0.3 is 15.5 Å². The van der Waals surface area contributed by atoms with Gasteiger partial charge in [-0.3, -0.25) is 9.78 Å². The highest BCUT2D eigenvalue weighted by atomic mass is 16.2. The number of amides is 1. The maximum atomic E-state index is 12.2. The standard InChI is InChI=1S/C15H26N4O/c1-5-19(6-2)15(20)14-11-13(7-8-18-14)17-10-9-16-12(3)4/h7-8,11-12,16H,5-6,9-10H2,1-4H3,(H,17,18). The molecule has 0 aliphatic rings. The van der Waals surface area contributed by atoms with E-state index < -0.39 is 0 Å². The molecule has 0 saturated heterocycles. The van der Waals surface area contributed by atoms with Gasteiger partial charge in [-0.1, -0.05) is 13.8 Å². The molecule has 0 fully saturated rings. The minimum absolute atomic E-state index is 0.0149. The first-order chi connectivity index (χ1) is 9.58. The minimum Gasteiger partial charge on any atom is -0.384 e. The molecule has 5 heteroatoms. The Morgan fingerprint density at radius 3 is 2.60 bits per heavy atom. The van der Waals surface area contributed by atoms with E-state index in [4.69, 9.17) is 0 Å². The highest BCUT2D eigenvalue weighted by molar-refractivity contribution is 5.93. The Morgan fingerprint density at radius 1 is 1.30 bits per heavy atom. The first-order valence-corrected chi connectivity index (χ1v) is 7.31. The average Bonchev–Trinajstić information content (AvgIpc) is 2.45. The van der Waals surface area contributed by atoms with Crippen LogP contribution >= 0.6 is 0 Å². The molecule has 0 radical (unpaired) electrons. The quantitative estimate of drug-likeness (QED) is 0.714. The highest BCUT2D eigenvalue weighted by Crippen LogP contribution is 2.09. The molecule has 1 heterocycles. The second-order valence-corrected chi connectivity index (χ2v) is 4.94. The van der Waals surface area contributed by atoms with Crippen LogP contribution in [0.15, 0.2) is 18.3 Å². The Balaban J connectivity index is 2.59. The lowest BCUT2D eigenvalue weighted by Crippen LogP contribution is -2.31. The number of carbonyl (C=O) groups is 1. The van der Waals surface area contributed by atoms with Crippen molar-refractivity contribution in [2.24, 2.45) is 0 Å². The third kappa shape index (κ3) is 5.17. The van der Waals surface area contributed by atoms with Gasteiger partial charge in [0.05, 0.1) is 0 Å². The Labute approximate surface area is 121 Å². The molecule has 1 rings (SSSR count). The van der Waals surface area contributed by atoms with Crippen molar-refractivity contribution in [3.63, 3.8) is 0 Å². The van der Waals surface area contributed by atoms with E-state index in [2.05, 4.69) is 29.5 Å². The molecule has 1 amide bonds. The number of nitrogens with zero attached hydrogens (tertiary/aromatic N) is 2. The number of carbonyl (C=O) groups excluding carboxylic acids is 1. The number of anilines is 1. The number of hydrogen-bond donors (Lipinski definition) is 2. The molecule has 1 aromatic heterocycles. The van der Waals surface area contributed by atoms with Crippen molar-refractivity contribution in [1.29, 1.82) is 0 Å². The van der Waals surface area contributed by atoms with Crippen molar-refractivity contribution >= 4 is 11.6 Å². The molecule has 2 N–H and O–H groups in total. The van der Waals surface area contributed by atoms with E-state index in [1.807, 2.05) is 26.0 Å². The highest BCUT2D eigenvalue weighted by Gasteiger charge is 2.13. The van der Waals surface area contributed by atoms with Crippen LogP contribution in [0.1, 0.15) is 38.2 Å². The SMILES string of the molecule is CCN(CC)C(=O)c1cc(NCCNC(C)C)ccn1. The van der Waals surface area contributed by atoms with Gasteiger partial charge in [0.2, 0.25) is 0 Å². The van der Waals surface area contributed by atoms with E-state index in [0.717, 1.165) is 18.8 Å². The third-order valence-corrected chi connectivity index (χ3v) is 3.04. The van der Waals surface area contributed by atoms with E-state index >= 15 is 0 Å². The molecule has 20 heavy (non-hydrogen) atoms. The number of nitrogens with one attached hydrogen (secondary N) is 2. The normalized spacial score (nSPS) is 10.7. The van der Waals surface area contributed by atoms with Crippen LogP contribution in [0.25, 0.3) is 0 Å². The Hall–Kier alpha value is -1.62. The second-order valence-electron chi connectivity index (χ2n) is 4.94. The minimum atomic E-state index is -0.0149. The molecule has 0 aliphatic heterocycles. The zero-order valence-electron chi connectivity index (χ0n) is 12.9. The van der Waals surface area contributed by atoms with Crippen LogP contribution < -0.4 is 10.6 Å². The largest absolute Gasteiger partial charge is 0.384 e. The van der Waals surface area contributed by atoms with Crippen LogP contribution in [0.2, 0.25) is 0 Å². The monoisotopic (exact) mass is 278 g/mol. The number of aromatic nitrogens is 1. The molecule has 1 aromatic rings. The molecule has 0 aromatic carbocycles. The average molecular weight is 278 g/mol. The fourth-order valence-electron chi connectivity index (χ4n) is 1.90. The Bertz CT molecular complexity index is 416. The number of pyridine rings is 1. The van der Waals surface area contributed by atoms with Gasteiger partial charge in [0.1, 0.15) is 5.69 Å². The lowest BCUT2D eigenvalue weighted by Gasteiger charge is -2.18. The summed E-state index contributed by atoms with van der Waals surface area (Å²) < 4.78 is 0. The predicted octanol–water partition coefficient (Wildman–Crippen LogP) is 1.97. The summed E-state index contributed by atoms with van der Waals surface area (Å²) in [4.78, 5) is 18.1. The molecule has 0 aliphatic carbocycles. The van der Waals surface area contributed by atoms with E-state index in [0.29, 0.717) is 24.8 Å².